The Balaban J connectivity index is 1.23. The molecule has 3 saturated carbocycles. The molecule has 0 aromatic heterocycles. The highest BCUT2D eigenvalue weighted by molar-refractivity contribution is 5.74. The van der Waals surface area contributed by atoms with Crippen LogP contribution in [0.2, 0.25) is 0 Å². The van der Waals surface area contributed by atoms with Crippen LogP contribution in [0.3, 0.4) is 0 Å². The highest BCUT2D eigenvalue weighted by Crippen LogP contribution is 2.53. The molecule has 3 atom stereocenters. The Kier molecular flexibility index (Phi) is 5.23. The van der Waals surface area contributed by atoms with Gasteiger partial charge in [-0.15, -0.1) is 0 Å². The van der Waals surface area contributed by atoms with Gasteiger partial charge in [0.1, 0.15) is 0 Å². The lowest BCUT2D eigenvalue weighted by molar-refractivity contribution is -0.146. The van der Waals surface area contributed by atoms with Crippen molar-refractivity contribution >= 4 is 6.03 Å². The number of hydrogen-bond donors (Lipinski definition) is 2. The lowest BCUT2D eigenvalue weighted by Crippen LogP contribution is -2.66. The Bertz CT molecular complexity index is 474. The van der Waals surface area contributed by atoms with E-state index in [0.717, 1.165) is 25.6 Å². The minimum atomic E-state index is 0.0368. The molecule has 4 aliphatic rings. The van der Waals surface area contributed by atoms with Crippen LogP contribution in [-0.2, 0) is 4.74 Å². The summed E-state index contributed by atoms with van der Waals surface area (Å²) in [6, 6.07) is 1.20. The third-order valence-corrected chi connectivity index (χ3v) is 7.17. The summed E-state index contributed by atoms with van der Waals surface area (Å²) in [5.74, 6) is 0.632. The summed E-state index contributed by atoms with van der Waals surface area (Å²) in [6.07, 6.45) is 11.6. The monoisotopic (exact) mass is 349 g/mol. The average Bonchev–Trinajstić information content (AvgIpc) is 3.38. The molecule has 2 amide bonds. The Morgan fingerprint density at radius 1 is 1.20 bits per heavy atom. The first-order valence-electron chi connectivity index (χ1n) is 10.6. The van der Waals surface area contributed by atoms with E-state index in [1.54, 1.807) is 0 Å². The zero-order valence-electron chi connectivity index (χ0n) is 15.8. The molecule has 3 aliphatic carbocycles. The summed E-state index contributed by atoms with van der Waals surface area (Å²) < 4.78 is 5.99. The maximum absolute atomic E-state index is 12.4. The topological polar surface area (TPSA) is 53.6 Å². The summed E-state index contributed by atoms with van der Waals surface area (Å²) in [5, 5.41) is 6.45. The van der Waals surface area contributed by atoms with Crippen molar-refractivity contribution in [2.45, 2.75) is 82.9 Å². The predicted octanol–water partition coefficient (Wildman–Crippen LogP) is 2.90. The molecule has 0 radical (unpaired) electrons. The Morgan fingerprint density at radius 2 is 2.00 bits per heavy atom. The first-order chi connectivity index (χ1) is 12.2. The van der Waals surface area contributed by atoms with Crippen LogP contribution < -0.4 is 10.6 Å². The van der Waals surface area contributed by atoms with E-state index in [9.17, 15) is 4.79 Å². The number of nitrogens with zero attached hydrogens (tertiary/aromatic N) is 1. The standard InChI is InChI=1S/C20H35N3O2/c1-2-25-18-12-17(20(18)9-4-3-5-10-20)22-19(24)21-13-15-8-11-23(14-15)16-6-7-16/h15-18H,2-14H2,1H3,(H2,21,22,24). The van der Waals surface area contributed by atoms with Crippen molar-refractivity contribution in [1.29, 1.82) is 0 Å². The number of rotatable bonds is 6. The van der Waals surface area contributed by atoms with Crippen LogP contribution in [0.5, 0.6) is 0 Å². The number of nitrogens with one attached hydrogen (secondary N) is 2. The van der Waals surface area contributed by atoms with Gasteiger partial charge in [0.25, 0.3) is 0 Å². The molecule has 0 aromatic carbocycles. The molecule has 5 nitrogen and oxygen atoms in total. The van der Waals surface area contributed by atoms with Crippen molar-refractivity contribution in [1.82, 2.24) is 15.5 Å². The number of carbonyl (C=O) groups excluding carboxylic acids is 1. The molecule has 4 rings (SSSR count). The van der Waals surface area contributed by atoms with Gasteiger partial charge in [0.2, 0.25) is 0 Å². The van der Waals surface area contributed by atoms with Gasteiger partial charge in [-0.05, 0) is 57.9 Å². The van der Waals surface area contributed by atoms with Gasteiger partial charge >= 0.3 is 6.03 Å². The van der Waals surface area contributed by atoms with Crippen molar-refractivity contribution in [2.24, 2.45) is 11.3 Å². The number of amides is 2. The third kappa shape index (κ3) is 3.68. The zero-order chi connectivity index (χ0) is 17.3. The van der Waals surface area contributed by atoms with E-state index in [1.165, 1.54) is 64.5 Å². The fourth-order valence-electron chi connectivity index (χ4n) is 5.51. The lowest BCUT2D eigenvalue weighted by Gasteiger charge is -2.57. The Morgan fingerprint density at radius 3 is 2.72 bits per heavy atom. The summed E-state index contributed by atoms with van der Waals surface area (Å²) in [4.78, 5) is 15.1. The maximum Gasteiger partial charge on any atom is 0.315 e. The van der Waals surface area contributed by atoms with Gasteiger partial charge < -0.3 is 20.3 Å². The molecule has 5 heteroatoms. The molecule has 25 heavy (non-hydrogen) atoms. The quantitative estimate of drug-likeness (QED) is 0.775. The zero-order valence-corrected chi connectivity index (χ0v) is 15.8. The van der Waals surface area contributed by atoms with E-state index in [2.05, 4.69) is 22.5 Å². The maximum atomic E-state index is 12.4. The molecular formula is C20H35N3O2. The highest BCUT2D eigenvalue weighted by atomic mass is 16.5. The predicted molar refractivity (Wildman–Crippen MR) is 98.6 cm³/mol. The molecule has 142 valence electrons. The molecule has 1 heterocycles. The lowest BCUT2D eigenvalue weighted by atomic mass is 9.55. The number of likely N-dealkylation sites (tertiary alicyclic amines) is 1. The molecule has 1 saturated heterocycles. The third-order valence-electron chi connectivity index (χ3n) is 7.17. The fourth-order valence-corrected chi connectivity index (χ4v) is 5.51. The normalized spacial score (nSPS) is 34.7. The van der Waals surface area contributed by atoms with Crippen molar-refractivity contribution in [3.63, 3.8) is 0 Å². The second-order valence-corrected chi connectivity index (χ2v) is 8.76. The smallest absolute Gasteiger partial charge is 0.315 e. The van der Waals surface area contributed by atoms with E-state index in [1.807, 2.05) is 0 Å². The van der Waals surface area contributed by atoms with Crippen LogP contribution in [0, 0.1) is 11.3 Å². The number of ether oxygens (including phenoxy) is 1. The van der Waals surface area contributed by atoms with Crippen LogP contribution in [0.15, 0.2) is 0 Å². The van der Waals surface area contributed by atoms with Crippen LogP contribution in [0.4, 0.5) is 4.79 Å². The number of carbonyl (C=O) groups is 1. The van der Waals surface area contributed by atoms with Crippen molar-refractivity contribution in [3.05, 3.63) is 0 Å². The minimum absolute atomic E-state index is 0.0368. The first-order valence-corrected chi connectivity index (χ1v) is 10.6. The van der Waals surface area contributed by atoms with Gasteiger partial charge in [-0.25, -0.2) is 4.79 Å². The van der Waals surface area contributed by atoms with E-state index in [-0.39, 0.29) is 11.4 Å². The summed E-state index contributed by atoms with van der Waals surface area (Å²) in [7, 11) is 0. The Labute approximate surface area is 152 Å². The molecular weight excluding hydrogens is 314 g/mol. The van der Waals surface area contributed by atoms with Gasteiger partial charge in [0.05, 0.1) is 6.10 Å². The van der Waals surface area contributed by atoms with E-state index in [4.69, 9.17) is 4.74 Å². The van der Waals surface area contributed by atoms with E-state index < -0.39 is 0 Å². The second-order valence-electron chi connectivity index (χ2n) is 8.76. The minimum Gasteiger partial charge on any atom is -0.378 e. The highest BCUT2D eigenvalue weighted by Gasteiger charge is 2.56. The average molecular weight is 350 g/mol. The largest absolute Gasteiger partial charge is 0.378 e. The van der Waals surface area contributed by atoms with Gasteiger partial charge in [-0.2, -0.15) is 0 Å². The summed E-state index contributed by atoms with van der Waals surface area (Å²) >= 11 is 0. The SMILES string of the molecule is CCOC1CC(NC(=O)NCC2CCN(C3CC3)C2)C12CCCCC2. The van der Waals surface area contributed by atoms with Crippen LogP contribution in [-0.4, -0.2) is 55.4 Å². The van der Waals surface area contributed by atoms with Gasteiger partial charge in [-0.1, -0.05) is 19.3 Å². The van der Waals surface area contributed by atoms with Gasteiger partial charge in [0.15, 0.2) is 0 Å². The van der Waals surface area contributed by atoms with Crippen molar-refractivity contribution < 1.29 is 9.53 Å². The Hall–Kier alpha value is -0.810. The van der Waals surface area contributed by atoms with Crippen molar-refractivity contribution in [3.8, 4) is 0 Å². The number of hydrogen-bond acceptors (Lipinski definition) is 3. The molecule has 1 spiro atoms. The van der Waals surface area contributed by atoms with Gasteiger partial charge in [0, 0.05) is 37.2 Å². The van der Waals surface area contributed by atoms with Crippen LogP contribution in [0.25, 0.3) is 0 Å². The fraction of sp³-hybridized carbons (Fsp3) is 0.950. The van der Waals surface area contributed by atoms with E-state index in [0.29, 0.717) is 18.1 Å². The molecule has 0 aromatic rings. The second kappa shape index (κ2) is 7.43. The van der Waals surface area contributed by atoms with Crippen molar-refractivity contribution in [2.75, 3.05) is 26.2 Å². The first kappa shape index (κ1) is 17.6. The molecule has 1 aliphatic heterocycles. The molecule has 2 N–H and O–H groups in total. The molecule has 0 bridgehead atoms. The summed E-state index contributed by atoms with van der Waals surface area (Å²) in [6.45, 7) is 6.08. The van der Waals surface area contributed by atoms with E-state index >= 15 is 0 Å². The van der Waals surface area contributed by atoms with Gasteiger partial charge in [-0.3, -0.25) is 0 Å². The van der Waals surface area contributed by atoms with Crippen LogP contribution >= 0.6 is 0 Å². The molecule has 3 unspecified atom stereocenters. The van der Waals surface area contributed by atoms with Crippen LogP contribution in [0.1, 0.15) is 64.7 Å². The summed E-state index contributed by atoms with van der Waals surface area (Å²) in [5.41, 5.74) is 0.210. The number of urea groups is 1. The molecule has 4 fully saturated rings.